The number of nitrogens with one attached hydrogen (secondary N) is 2. The Bertz CT molecular complexity index is 513. The van der Waals surface area contributed by atoms with Crippen molar-refractivity contribution < 1.29 is 4.79 Å². The van der Waals surface area contributed by atoms with Gasteiger partial charge in [-0.2, -0.15) is 0 Å². The molecule has 0 aliphatic carbocycles. The van der Waals surface area contributed by atoms with E-state index in [0.717, 1.165) is 31.5 Å². The van der Waals surface area contributed by atoms with Crippen molar-refractivity contribution in [1.29, 1.82) is 0 Å². The quantitative estimate of drug-likeness (QED) is 0.363. The smallest absolute Gasteiger partial charge is 0.251 e. The van der Waals surface area contributed by atoms with Gasteiger partial charge in [0, 0.05) is 25.2 Å². The molecule has 0 unspecified atom stereocenters. The number of nitrogens with zero attached hydrogens (tertiary/aromatic N) is 2. The van der Waals surface area contributed by atoms with E-state index in [1.54, 1.807) is 6.07 Å². The zero-order valence-corrected chi connectivity index (χ0v) is 14.4. The maximum atomic E-state index is 12.1. The van der Waals surface area contributed by atoms with E-state index in [1.165, 1.54) is 0 Å². The Morgan fingerprint density at radius 1 is 1.26 bits per heavy atom. The zero-order valence-electron chi connectivity index (χ0n) is 14.4. The van der Waals surface area contributed by atoms with Crippen molar-refractivity contribution in [2.24, 2.45) is 10.7 Å². The maximum Gasteiger partial charge on any atom is 0.251 e. The molecule has 0 aromatic heterocycles. The molecule has 4 N–H and O–H groups in total. The van der Waals surface area contributed by atoms with Gasteiger partial charge >= 0.3 is 0 Å². The fourth-order valence-corrected chi connectivity index (χ4v) is 1.93. The number of likely N-dealkylation sites (N-methyl/N-ethyl adjacent to an activating group) is 1. The van der Waals surface area contributed by atoms with Crippen molar-refractivity contribution in [3.05, 3.63) is 35.4 Å². The third-order valence-corrected chi connectivity index (χ3v) is 3.30. The molecule has 0 radical (unpaired) electrons. The number of hydrogen-bond acceptors (Lipinski definition) is 3. The van der Waals surface area contributed by atoms with Crippen LogP contribution in [0.25, 0.3) is 0 Å². The van der Waals surface area contributed by atoms with Gasteiger partial charge in [0.25, 0.3) is 5.91 Å². The standard InChI is InChI=1S/C17H29N5O/c1-4-5-9-20-17(18)21-13-14-7-6-8-15(12-14)16(23)19-10-11-22(2)3/h6-8,12H,4-5,9-11,13H2,1-3H3,(H,19,23)(H3,18,20,21). The lowest BCUT2D eigenvalue weighted by Crippen LogP contribution is -2.32. The molecule has 0 aliphatic rings. The van der Waals surface area contributed by atoms with E-state index in [2.05, 4.69) is 22.5 Å². The summed E-state index contributed by atoms with van der Waals surface area (Å²) in [7, 11) is 3.95. The molecule has 6 nitrogen and oxygen atoms in total. The molecule has 1 amide bonds. The number of hydrogen-bond donors (Lipinski definition) is 3. The number of benzene rings is 1. The summed E-state index contributed by atoms with van der Waals surface area (Å²) < 4.78 is 0. The molecule has 1 aromatic carbocycles. The van der Waals surface area contributed by atoms with Crippen LogP contribution in [0.5, 0.6) is 0 Å². The van der Waals surface area contributed by atoms with Crippen molar-refractivity contribution >= 4 is 11.9 Å². The summed E-state index contributed by atoms with van der Waals surface area (Å²) in [6.07, 6.45) is 2.18. The van der Waals surface area contributed by atoms with Crippen LogP contribution in [-0.2, 0) is 6.54 Å². The molecule has 0 heterocycles. The van der Waals surface area contributed by atoms with Crippen LogP contribution in [0.15, 0.2) is 29.3 Å². The van der Waals surface area contributed by atoms with Gasteiger partial charge in [0.1, 0.15) is 0 Å². The number of carbonyl (C=O) groups is 1. The molecule has 0 aliphatic heterocycles. The van der Waals surface area contributed by atoms with E-state index in [1.807, 2.05) is 37.2 Å². The van der Waals surface area contributed by atoms with Crippen molar-refractivity contribution in [2.45, 2.75) is 26.3 Å². The van der Waals surface area contributed by atoms with Gasteiger partial charge in [0.15, 0.2) is 5.96 Å². The number of guanidine groups is 1. The van der Waals surface area contributed by atoms with Crippen molar-refractivity contribution in [2.75, 3.05) is 33.7 Å². The van der Waals surface area contributed by atoms with E-state index in [9.17, 15) is 4.79 Å². The number of rotatable bonds is 9. The Balaban J connectivity index is 2.52. The van der Waals surface area contributed by atoms with Crippen LogP contribution >= 0.6 is 0 Å². The van der Waals surface area contributed by atoms with Gasteiger partial charge in [-0.15, -0.1) is 0 Å². The fourth-order valence-electron chi connectivity index (χ4n) is 1.93. The lowest BCUT2D eigenvalue weighted by Gasteiger charge is -2.10. The van der Waals surface area contributed by atoms with Gasteiger partial charge in [0.2, 0.25) is 0 Å². The molecular weight excluding hydrogens is 290 g/mol. The van der Waals surface area contributed by atoms with E-state index in [4.69, 9.17) is 5.73 Å². The van der Waals surface area contributed by atoms with Crippen LogP contribution in [0.4, 0.5) is 0 Å². The van der Waals surface area contributed by atoms with E-state index < -0.39 is 0 Å². The number of aliphatic imine (C=N–C) groups is 1. The number of unbranched alkanes of at least 4 members (excludes halogenated alkanes) is 1. The van der Waals surface area contributed by atoms with E-state index >= 15 is 0 Å². The largest absolute Gasteiger partial charge is 0.370 e. The van der Waals surface area contributed by atoms with Gasteiger partial charge in [-0.3, -0.25) is 4.79 Å². The van der Waals surface area contributed by atoms with Gasteiger partial charge in [-0.25, -0.2) is 4.99 Å². The van der Waals surface area contributed by atoms with Crippen LogP contribution in [-0.4, -0.2) is 50.5 Å². The van der Waals surface area contributed by atoms with Crippen LogP contribution in [0.1, 0.15) is 35.7 Å². The fraction of sp³-hybridized carbons (Fsp3) is 0.529. The minimum atomic E-state index is -0.0632. The second-order valence-corrected chi connectivity index (χ2v) is 5.74. The summed E-state index contributed by atoms with van der Waals surface area (Å²) in [4.78, 5) is 18.4. The summed E-state index contributed by atoms with van der Waals surface area (Å²) in [6, 6.07) is 7.47. The summed E-state index contributed by atoms with van der Waals surface area (Å²) in [5, 5.41) is 5.98. The van der Waals surface area contributed by atoms with Crippen LogP contribution < -0.4 is 16.4 Å². The van der Waals surface area contributed by atoms with Crippen LogP contribution in [0.2, 0.25) is 0 Å². The highest BCUT2D eigenvalue weighted by Crippen LogP contribution is 2.06. The van der Waals surface area contributed by atoms with Gasteiger partial charge in [-0.1, -0.05) is 25.5 Å². The molecule has 6 heteroatoms. The maximum absolute atomic E-state index is 12.1. The van der Waals surface area contributed by atoms with Crippen molar-refractivity contribution in [3.8, 4) is 0 Å². The summed E-state index contributed by atoms with van der Waals surface area (Å²) in [6.45, 7) is 4.87. The third-order valence-electron chi connectivity index (χ3n) is 3.30. The molecule has 1 aromatic rings. The second kappa shape index (κ2) is 10.6. The van der Waals surface area contributed by atoms with Gasteiger partial charge < -0.3 is 21.3 Å². The first-order chi connectivity index (χ1) is 11.0. The molecule has 128 valence electrons. The monoisotopic (exact) mass is 319 g/mol. The van der Waals surface area contributed by atoms with E-state index in [-0.39, 0.29) is 5.91 Å². The summed E-state index contributed by atoms with van der Waals surface area (Å²) >= 11 is 0. The normalized spacial score (nSPS) is 11.6. The predicted octanol–water partition coefficient (Wildman–Crippen LogP) is 1.18. The minimum Gasteiger partial charge on any atom is -0.370 e. The van der Waals surface area contributed by atoms with Crippen molar-refractivity contribution in [3.63, 3.8) is 0 Å². The van der Waals surface area contributed by atoms with Crippen LogP contribution in [0.3, 0.4) is 0 Å². The lowest BCUT2D eigenvalue weighted by atomic mass is 10.1. The zero-order chi connectivity index (χ0) is 17.1. The average Bonchev–Trinajstić information content (AvgIpc) is 2.53. The first kappa shape index (κ1) is 19.0. The van der Waals surface area contributed by atoms with Gasteiger partial charge in [0.05, 0.1) is 6.54 Å². The lowest BCUT2D eigenvalue weighted by molar-refractivity contribution is 0.0951. The number of nitrogens with two attached hydrogens (primary N) is 1. The number of carbonyl (C=O) groups excluding carboxylic acids is 1. The molecule has 0 bridgehead atoms. The highest BCUT2D eigenvalue weighted by Gasteiger charge is 2.05. The Morgan fingerprint density at radius 2 is 2.04 bits per heavy atom. The molecule has 1 rings (SSSR count). The third kappa shape index (κ3) is 8.21. The molecule has 0 spiro atoms. The Morgan fingerprint density at radius 3 is 2.74 bits per heavy atom. The molecule has 0 saturated heterocycles. The molecule has 0 fully saturated rings. The summed E-state index contributed by atoms with van der Waals surface area (Å²) in [5.74, 6) is 0.381. The number of amides is 1. The molecule has 0 saturated carbocycles. The molecular formula is C17H29N5O. The van der Waals surface area contributed by atoms with Crippen LogP contribution in [0, 0.1) is 0 Å². The minimum absolute atomic E-state index is 0.0632. The highest BCUT2D eigenvalue weighted by molar-refractivity contribution is 5.94. The van der Waals surface area contributed by atoms with Gasteiger partial charge in [-0.05, 0) is 38.2 Å². The van der Waals surface area contributed by atoms with E-state index in [0.29, 0.717) is 24.6 Å². The average molecular weight is 319 g/mol. The Kier molecular flexibility index (Phi) is 8.75. The Hall–Kier alpha value is -2.08. The predicted molar refractivity (Wildman–Crippen MR) is 95.6 cm³/mol. The summed E-state index contributed by atoms with van der Waals surface area (Å²) in [5.41, 5.74) is 7.42. The SMILES string of the molecule is CCCCNC(N)=NCc1cccc(C(=O)NCCN(C)C)c1. The topological polar surface area (TPSA) is 82.7 Å². The van der Waals surface area contributed by atoms with Crippen molar-refractivity contribution in [1.82, 2.24) is 15.5 Å². The molecule has 0 atom stereocenters. The Labute approximate surface area is 139 Å². The highest BCUT2D eigenvalue weighted by atomic mass is 16.1. The first-order valence-corrected chi connectivity index (χ1v) is 8.08. The first-order valence-electron chi connectivity index (χ1n) is 8.08. The second-order valence-electron chi connectivity index (χ2n) is 5.74. The molecule has 23 heavy (non-hydrogen) atoms.